The second kappa shape index (κ2) is 13.4. The van der Waals surface area contributed by atoms with Crippen LogP contribution in [0.3, 0.4) is 0 Å². The van der Waals surface area contributed by atoms with Gasteiger partial charge in [0.25, 0.3) is 0 Å². The van der Waals surface area contributed by atoms with E-state index >= 15 is 0 Å². The van der Waals surface area contributed by atoms with Gasteiger partial charge in [-0.2, -0.15) is 0 Å². The number of amides is 3. The first-order chi connectivity index (χ1) is 16.7. The molecule has 0 spiro atoms. The van der Waals surface area contributed by atoms with Crippen LogP contribution in [-0.4, -0.2) is 76.2 Å². The molecular weight excluding hydrogens is 456 g/mol. The number of hydrogen-bond acceptors (Lipinski definition) is 7. The Bertz CT molecular complexity index is 1020. The predicted octanol–water partition coefficient (Wildman–Crippen LogP) is -1.28. The van der Waals surface area contributed by atoms with Crippen molar-refractivity contribution in [1.29, 1.82) is 0 Å². The van der Waals surface area contributed by atoms with Crippen molar-refractivity contribution in [2.45, 2.75) is 56.8 Å². The van der Waals surface area contributed by atoms with Crippen LogP contribution in [-0.2, 0) is 25.6 Å². The number of fused-ring (bicyclic) bond motifs is 1. The molecule has 1 aromatic carbocycles. The number of hydrogen-bond donors (Lipinski definition) is 8. The number of para-hydroxylation sites is 1. The van der Waals surface area contributed by atoms with Gasteiger partial charge in [0.05, 0.1) is 12.6 Å². The summed E-state index contributed by atoms with van der Waals surface area (Å²) >= 11 is 0. The van der Waals surface area contributed by atoms with Gasteiger partial charge in [-0.15, -0.1) is 0 Å². The van der Waals surface area contributed by atoms with Crippen molar-refractivity contribution in [1.82, 2.24) is 20.9 Å². The van der Waals surface area contributed by atoms with E-state index < -0.39 is 54.5 Å². The summed E-state index contributed by atoms with van der Waals surface area (Å²) in [5.41, 5.74) is 13.2. The van der Waals surface area contributed by atoms with Crippen molar-refractivity contribution in [2.24, 2.45) is 11.5 Å². The molecule has 0 aliphatic heterocycles. The van der Waals surface area contributed by atoms with Crippen LogP contribution in [0.25, 0.3) is 10.9 Å². The molecule has 1 heterocycles. The number of H-pyrrole nitrogens is 1. The van der Waals surface area contributed by atoms with Gasteiger partial charge in [0.1, 0.15) is 18.1 Å². The molecule has 12 nitrogen and oxygen atoms in total. The lowest BCUT2D eigenvalue weighted by Crippen LogP contribution is -2.57. The first-order valence-corrected chi connectivity index (χ1v) is 11.4. The molecule has 2 aromatic rings. The maximum atomic E-state index is 12.5. The quantitative estimate of drug-likeness (QED) is 0.149. The van der Waals surface area contributed by atoms with Crippen LogP contribution in [0.1, 0.15) is 31.7 Å². The highest BCUT2D eigenvalue weighted by Crippen LogP contribution is 2.18. The fraction of sp³-hybridized carbons (Fsp3) is 0.478. The van der Waals surface area contributed by atoms with E-state index in [2.05, 4.69) is 20.9 Å². The third-order valence-electron chi connectivity index (χ3n) is 5.58. The van der Waals surface area contributed by atoms with Gasteiger partial charge in [0.2, 0.25) is 17.7 Å². The zero-order chi connectivity index (χ0) is 26.0. The predicted molar refractivity (Wildman–Crippen MR) is 129 cm³/mol. The lowest BCUT2D eigenvalue weighted by atomic mass is 10.0. The number of aromatic amines is 1. The Kier molecular flexibility index (Phi) is 10.6. The Morgan fingerprint density at radius 1 is 1.00 bits per heavy atom. The van der Waals surface area contributed by atoms with Crippen LogP contribution < -0.4 is 27.4 Å². The van der Waals surface area contributed by atoms with Gasteiger partial charge in [-0.3, -0.25) is 14.4 Å². The van der Waals surface area contributed by atoms with Crippen LogP contribution in [0.5, 0.6) is 0 Å². The van der Waals surface area contributed by atoms with Crippen molar-refractivity contribution in [2.75, 3.05) is 13.2 Å². The number of aliphatic hydroxyl groups is 1. The SMILES string of the molecule is CC(NC(=O)C(N)Cc1c[nH]c2ccccc12)C(=O)NC(CO)C(=O)NC(CCCCN)C(=O)O. The summed E-state index contributed by atoms with van der Waals surface area (Å²) in [6.07, 6.45) is 3.27. The fourth-order valence-corrected chi connectivity index (χ4v) is 3.53. The average Bonchev–Trinajstić information content (AvgIpc) is 3.24. The Morgan fingerprint density at radius 3 is 2.34 bits per heavy atom. The molecule has 4 unspecified atom stereocenters. The number of aliphatic hydroxyl groups excluding tert-OH is 1. The zero-order valence-corrected chi connectivity index (χ0v) is 19.6. The maximum Gasteiger partial charge on any atom is 0.326 e. The average molecular weight is 491 g/mol. The second-order valence-electron chi connectivity index (χ2n) is 8.33. The second-order valence-corrected chi connectivity index (χ2v) is 8.33. The summed E-state index contributed by atoms with van der Waals surface area (Å²) in [5, 5.41) is 26.9. The normalized spacial score (nSPS) is 14.5. The lowest BCUT2D eigenvalue weighted by molar-refractivity contribution is -0.142. The topological polar surface area (TPSA) is 213 Å². The summed E-state index contributed by atoms with van der Waals surface area (Å²) < 4.78 is 0. The van der Waals surface area contributed by atoms with Gasteiger partial charge in [-0.05, 0) is 50.8 Å². The minimum absolute atomic E-state index is 0.158. The number of carbonyl (C=O) groups excluding carboxylic acids is 3. The first kappa shape index (κ1) is 27.8. The molecule has 0 aliphatic rings. The Labute approximate surface area is 202 Å². The Balaban J connectivity index is 1.89. The maximum absolute atomic E-state index is 12.5. The monoisotopic (exact) mass is 490 g/mol. The van der Waals surface area contributed by atoms with E-state index in [0.29, 0.717) is 19.4 Å². The highest BCUT2D eigenvalue weighted by atomic mass is 16.4. The molecule has 12 heteroatoms. The summed E-state index contributed by atoms with van der Waals surface area (Å²) in [5.74, 6) is -3.38. The van der Waals surface area contributed by atoms with Gasteiger partial charge >= 0.3 is 5.97 Å². The van der Waals surface area contributed by atoms with E-state index in [1.807, 2.05) is 24.3 Å². The molecule has 35 heavy (non-hydrogen) atoms. The van der Waals surface area contributed by atoms with Gasteiger partial charge in [0.15, 0.2) is 0 Å². The number of benzene rings is 1. The molecule has 3 amide bonds. The number of aromatic nitrogens is 1. The smallest absolute Gasteiger partial charge is 0.326 e. The van der Waals surface area contributed by atoms with Crippen LogP contribution in [0, 0.1) is 0 Å². The number of carbonyl (C=O) groups is 4. The summed E-state index contributed by atoms with van der Waals surface area (Å²) in [4.78, 5) is 51.9. The third-order valence-corrected chi connectivity index (χ3v) is 5.58. The number of carboxylic acids is 1. The number of rotatable bonds is 14. The summed E-state index contributed by atoms with van der Waals surface area (Å²) in [6.45, 7) is 1.04. The van der Waals surface area contributed by atoms with Crippen molar-refractivity contribution in [3.8, 4) is 0 Å². The zero-order valence-electron chi connectivity index (χ0n) is 19.6. The molecule has 192 valence electrons. The minimum atomic E-state index is -1.39. The van der Waals surface area contributed by atoms with Crippen LogP contribution in [0.4, 0.5) is 0 Å². The fourth-order valence-electron chi connectivity index (χ4n) is 3.53. The molecule has 2 rings (SSSR count). The molecule has 4 atom stereocenters. The van der Waals surface area contributed by atoms with Gasteiger partial charge in [0, 0.05) is 17.1 Å². The molecule has 0 aliphatic carbocycles. The number of nitrogens with one attached hydrogen (secondary N) is 4. The van der Waals surface area contributed by atoms with E-state index in [-0.39, 0.29) is 12.8 Å². The standard InChI is InChI=1S/C23H34N6O6/c1-13(27-21(32)16(25)10-14-11-26-17-7-3-2-6-15(14)17)20(31)29-19(12-30)22(33)28-18(23(34)35)8-4-5-9-24/h2-3,6-7,11,13,16,18-19,26,30H,4-5,8-10,12,24-25H2,1H3,(H,27,32)(H,28,33)(H,29,31)(H,34,35). The van der Waals surface area contributed by atoms with Gasteiger partial charge < -0.3 is 42.6 Å². The van der Waals surface area contributed by atoms with Crippen LogP contribution in [0.15, 0.2) is 30.5 Å². The molecule has 10 N–H and O–H groups in total. The number of unbranched alkanes of at least 4 members (excludes halogenated alkanes) is 1. The number of carboxylic acid groups (broad SMARTS) is 1. The van der Waals surface area contributed by atoms with E-state index in [1.165, 1.54) is 6.92 Å². The largest absolute Gasteiger partial charge is 0.480 e. The minimum Gasteiger partial charge on any atom is -0.480 e. The van der Waals surface area contributed by atoms with E-state index in [1.54, 1.807) is 6.20 Å². The highest BCUT2D eigenvalue weighted by molar-refractivity contribution is 5.94. The van der Waals surface area contributed by atoms with Crippen molar-refractivity contribution < 1.29 is 29.4 Å². The summed E-state index contributed by atoms with van der Waals surface area (Å²) in [7, 11) is 0. The number of nitrogens with two attached hydrogens (primary N) is 2. The van der Waals surface area contributed by atoms with Crippen molar-refractivity contribution >= 4 is 34.6 Å². The first-order valence-electron chi connectivity index (χ1n) is 11.4. The molecule has 0 radical (unpaired) electrons. The highest BCUT2D eigenvalue weighted by Gasteiger charge is 2.28. The third kappa shape index (κ3) is 8.05. The van der Waals surface area contributed by atoms with Gasteiger partial charge in [-0.25, -0.2) is 4.79 Å². The molecule has 0 bridgehead atoms. The lowest BCUT2D eigenvalue weighted by Gasteiger charge is -2.22. The summed E-state index contributed by atoms with van der Waals surface area (Å²) in [6, 6.07) is 3.03. The molecule has 0 saturated carbocycles. The molecule has 0 fully saturated rings. The van der Waals surface area contributed by atoms with Crippen molar-refractivity contribution in [3.63, 3.8) is 0 Å². The van der Waals surface area contributed by atoms with Crippen molar-refractivity contribution in [3.05, 3.63) is 36.0 Å². The van der Waals surface area contributed by atoms with E-state index in [0.717, 1.165) is 16.5 Å². The molecule has 0 saturated heterocycles. The van der Waals surface area contributed by atoms with Gasteiger partial charge in [-0.1, -0.05) is 18.2 Å². The Morgan fingerprint density at radius 2 is 1.69 bits per heavy atom. The Hall–Kier alpha value is -3.48. The van der Waals surface area contributed by atoms with E-state index in [9.17, 15) is 29.4 Å². The molecular formula is C23H34N6O6. The van der Waals surface area contributed by atoms with E-state index in [4.69, 9.17) is 11.5 Å². The van der Waals surface area contributed by atoms with Crippen LogP contribution in [0.2, 0.25) is 0 Å². The van der Waals surface area contributed by atoms with Crippen LogP contribution >= 0.6 is 0 Å². The molecule has 1 aromatic heterocycles. The number of aliphatic carboxylic acids is 1.